The largest absolute Gasteiger partial charge is 0.348 e. The second-order valence-corrected chi connectivity index (χ2v) is 3.64. The van der Waals surface area contributed by atoms with Crippen LogP contribution in [0.5, 0.6) is 0 Å². The molecule has 0 saturated carbocycles. The van der Waals surface area contributed by atoms with Crippen LogP contribution >= 0.6 is 15.9 Å². The van der Waals surface area contributed by atoms with Crippen molar-refractivity contribution in [2.24, 2.45) is 4.99 Å². The van der Waals surface area contributed by atoms with E-state index < -0.39 is 11.9 Å². The average molecular weight is 253 g/mol. The predicted octanol–water partition coefficient (Wildman–Crippen LogP) is 1.49. The average Bonchev–Trinajstić information content (AvgIpc) is 2.47. The highest BCUT2D eigenvalue weighted by Crippen LogP contribution is 2.12. The molecule has 0 radical (unpaired) electrons. The fourth-order valence-electron chi connectivity index (χ4n) is 1.14. The van der Waals surface area contributed by atoms with Crippen LogP contribution in [0.4, 0.5) is 4.79 Å². The molecule has 3 amide bonds. The summed E-state index contributed by atoms with van der Waals surface area (Å²) in [5.41, 5.74) is 0.805. The Morgan fingerprint density at radius 1 is 1.14 bits per heavy atom. The number of amides is 3. The fraction of sp³-hybridized carbons (Fsp3) is 0. The number of aliphatic imine (C=N–C) groups is 1. The van der Waals surface area contributed by atoms with Crippen LogP contribution in [0, 0.1) is 0 Å². The first kappa shape index (κ1) is 9.08. The normalized spacial score (nSPS) is 15.4. The molecular weight excluding hydrogens is 248 g/mol. The molecule has 2 rings (SSSR count). The molecule has 1 aromatic carbocycles. The Morgan fingerprint density at radius 2 is 1.79 bits per heavy atom. The van der Waals surface area contributed by atoms with Gasteiger partial charge in [0.2, 0.25) is 0 Å². The number of halogens is 1. The van der Waals surface area contributed by atoms with Gasteiger partial charge in [-0.25, -0.2) is 4.79 Å². The highest BCUT2D eigenvalue weighted by atomic mass is 79.9. The molecule has 0 aromatic heterocycles. The first-order valence-corrected chi connectivity index (χ1v) is 4.66. The van der Waals surface area contributed by atoms with Gasteiger partial charge in [0.1, 0.15) is 5.71 Å². The first-order valence-electron chi connectivity index (χ1n) is 3.87. The molecule has 0 saturated heterocycles. The molecule has 4 nitrogen and oxygen atoms in total. The Balaban J connectivity index is 2.41. The fourth-order valence-corrected chi connectivity index (χ4v) is 1.40. The van der Waals surface area contributed by atoms with Crippen molar-refractivity contribution in [3.63, 3.8) is 0 Å². The van der Waals surface area contributed by atoms with E-state index in [4.69, 9.17) is 0 Å². The van der Waals surface area contributed by atoms with Gasteiger partial charge in [0.05, 0.1) is 0 Å². The molecule has 1 N–H and O–H groups in total. The third kappa shape index (κ3) is 1.58. The zero-order valence-electron chi connectivity index (χ0n) is 6.95. The van der Waals surface area contributed by atoms with Crippen LogP contribution in [0.1, 0.15) is 5.56 Å². The van der Waals surface area contributed by atoms with Crippen LogP contribution in [-0.2, 0) is 4.79 Å². The number of carbonyl (C=O) groups excluding carboxylic acids is 2. The molecule has 1 aromatic rings. The molecule has 1 aliphatic heterocycles. The van der Waals surface area contributed by atoms with Crippen LogP contribution < -0.4 is 5.32 Å². The Labute approximate surface area is 88.2 Å². The van der Waals surface area contributed by atoms with Gasteiger partial charge in [-0.2, -0.15) is 4.99 Å². The van der Waals surface area contributed by atoms with Crippen LogP contribution in [0.3, 0.4) is 0 Å². The molecule has 0 unspecified atom stereocenters. The summed E-state index contributed by atoms with van der Waals surface area (Å²) in [6.45, 7) is 0. The Kier molecular flexibility index (Phi) is 2.17. The lowest BCUT2D eigenvalue weighted by Crippen LogP contribution is -2.25. The van der Waals surface area contributed by atoms with Crippen LogP contribution in [0.25, 0.3) is 0 Å². The van der Waals surface area contributed by atoms with E-state index in [-0.39, 0.29) is 5.71 Å². The second kappa shape index (κ2) is 3.34. The van der Waals surface area contributed by atoms with Crippen LogP contribution in [0.15, 0.2) is 33.7 Å². The summed E-state index contributed by atoms with van der Waals surface area (Å²) in [5, 5.41) is 2.09. The molecule has 0 aliphatic carbocycles. The third-order valence-electron chi connectivity index (χ3n) is 1.77. The number of urea groups is 1. The Hall–Kier alpha value is -1.49. The van der Waals surface area contributed by atoms with Gasteiger partial charge in [-0.1, -0.05) is 28.1 Å². The van der Waals surface area contributed by atoms with E-state index in [0.29, 0.717) is 5.56 Å². The van der Waals surface area contributed by atoms with Crippen molar-refractivity contribution in [1.29, 1.82) is 0 Å². The summed E-state index contributed by atoms with van der Waals surface area (Å²) in [7, 11) is 0. The quantitative estimate of drug-likeness (QED) is 0.824. The minimum Gasteiger partial charge on any atom is -0.271 e. The molecule has 1 aliphatic rings. The van der Waals surface area contributed by atoms with Gasteiger partial charge in [0.25, 0.3) is 5.91 Å². The number of hydrogen-bond acceptors (Lipinski definition) is 2. The van der Waals surface area contributed by atoms with Gasteiger partial charge in [0, 0.05) is 10.0 Å². The Bertz CT molecular complexity index is 437. The molecule has 5 heteroatoms. The van der Waals surface area contributed by atoms with E-state index in [9.17, 15) is 9.59 Å². The standard InChI is InChI=1S/C9H5BrN2O2/c10-6-3-1-5(2-4-6)7-8(13)12-9(14)11-7/h1-4H,(H,12,13,14). The monoisotopic (exact) mass is 252 g/mol. The van der Waals surface area contributed by atoms with E-state index in [2.05, 4.69) is 26.2 Å². The summed E-state index contributed by atoms with van der Waals surface area (Å²) >= 11 is 3.27. The van der Waals surface area contributed by atoms with Gasteiger partial charge in [-0.3, -0.25) is 10.1 Å². The molecule has 0 spiro atoms. The van der Waals surface area contributed by atoms with Crippen molar-refractivity contribution >= 4 is 33.6 Å². The van der Waals surface area contributed by atoms with E-state index >= 15 is 0 Å². The summed E-state index contributed by atoms with van der Waals surface area (Å²) in [5.74, 6) is -0.447. The van der Waals surface area contributed by atoms with E-state index in [0.717, 1.165) is 4.47 Å². The van der Waals surface area contributed by atoms with Gasteiger partial charge >= 0.3 is 6.03 Å². The van der Waals surface area contributed by atoms with Crippen molar-refractivity contribution in [2.45, 2.75) is 0 Å². The maximum absolute atomic E-state index is 11.2. The number of carbonyl (C=O) groups is 2. The molecule has 14 heavy (non-hydrogen) atoms. The van der Waals surface area contributed by atoms with E-state index in [1.54, 1.807) is 24.3 Å². The maximum Gasteiger partial charge on any atom is 0.348 e. The van der Waals surface area contributed by atoms with E-state index in [1.807, 2.05) is 0 Å². The number of benzene rings is 1. The molecular formula is C9H5BrN2O2. The number of rotatable bonds is 1. The van der Waals surface area contributed by atoms with Crippen molar-refractivity contribution in [2.75, 3.05) is 0 Å². The lowest BCUT2D eigenvalue weighted by Gasteiger charge is -1.97. The number of nitrogens with zero attached hydrogens (tertiary/aromatic N) is 1. The smallest absolute Gasteiger partial charge is 0.271 e. The highest BCUT2D eigenvalue weighted by molar-refractivity contribution is 9.10. The zero-order valence-corrected chi connectivity index (χ0v) is 8.54. The highest BCUT2D eigenvalue weighted by Gasteiger charge is 2.23. The lowest BCUT2D eigenvalue weighted by molar-refractivity contribution is -0.113. The minimum atomic E-state index is -0.604. The lowest BCUT2D eigenvalue weighted by atomic mass is 10.1. The second-order valence-electron chi connectivity index (χ2n) is 2.73. The van der Waals surface area contributed by atoms with Gasteiger partial charge in [0.15, 0.2) is 0 Å². The first-order chi connectivity index (χ1) is 6.66. The number of nitrogens with one attached hydrogen (secondary N) is 1. The summed E-state index contributed by atoms with van der Waals surface area (Å²) < 4.78 is 0.909. The molecule has 0 bridgehead atoms. The van der Waals surface area contributed by atoms with Crippen molar-refractivity contribution in [1.82, 2.24) is 5.32 Å². The van der Waals surface area contributed by atoms with Crippen LogP contribution in [-0.4, -0.2) is 17.6 Å². The molecule has 1 heterocycles. The summed E-state index contributed by atoms with van der Waals surface area (Å²) in [6.07, 6.45) is 0. The predicted molar refractivity (Wildman–Crippen MR) is 54.2 cm³/mol. The van der Waals surface area contributed by atoms with Gasteiger partial charge < -0.3 is 0 Å². The van der Waals surface area contributed by atoms with Gasteiger partial charge in [-0.05, 0) is 12.1 Å². The summed E-state index contributed by atoms with van der Waals surface area (Å²) in [6, 6.07) is 6.41. The van der Waals surface area contributed by atoms with Gasteiger partial charge in [-0.15, -0.1) is 0 Å². The minimum absolute atomic E-state index is 0.169. The van der Waals surface area contributed by atoms with E-state index in [1.165, 1.54) is 0 Å². The number of hydrogen-bond donors (Lipinski definition) is 1. The molecule has 0 fully saturated rings. The maximum atomic E-state index is 11.2. The zero-order chi connectivity index (χ0) is 10.1. The summed E-state index contributed by atoms with van der Waals surface area (Å²) in [4.78, 5) is 25.5. The third-order valence-corrected chi connectivity index (χ3v) is 2.30. The molecule has 70 valence electrons. The van der Waals surface area contributed by atoms with Crippen LogP contribution in [0.2, 0.25) is 0 Å². The SMILES string of the molecule is O=C1N=C(c2ccc(Br)cc2)C(=O)N1. The topological polar surface area (TPSA) is 58.5 Å². The Morgan fingerprint density at radius 3 is 2.29 bits per heavy atom. The van der Waals surface area contributed by atoms with Crippen molar-refractivity contribution in [3.05, 3.63) is 34.3 Å². The van der Waals surface area contributed by atoms with Crippen molar-refractivity contribution in [3.8, 4) is 0 Å². The van der Waals surface area contributed by atoms with Crippen molar-refractivity contribution < 1.29 is 9.59 Å². The molecule has 0 atom stereocenters. The number of imide groups is 1.